The predicted octanol–water partition coefficient (Wildman–Crippen LogP) is 3.28. The summed E-state index contributed by atoms with van der Waals surface area (Å²) >= 11 is 0. The van der Waals surface area contributed by atoms with Crippen LogP contribution in [-0.2, 0) is 19.4 Å². The normalized spacial score (nSPS) is 13.1. The van der Waals surface area contributed by atoms with Crippen molar-refractivity contribution in [1.82, 2.24) is 0 Å². The predicted molar refractivity (Wildman–Crippen MR) is 125 cm³/mol. The quantitative estimate of drug-likeness (QED) is 0.628. The molecule has 0 spiro atoms. The molecule has 3 rings (SSSR count). The van der Waals surface area contributed by atoms with Gasteiger partial charge in [0, 0.05) is 37.0 Å². The van der Waals surface area contributed by atoms with Crippen LogP contribution in [0, 0.1) is 13.8 Å². The molecule has 172 valence electrons. The first-order valence-electron chi connectivity index (χ1n) is 10.6. The molecule has 32 heavy (non-hydrogen) atoms. The summed E-state index contributed by atoms with van der Waals surface area (Å²) in [5.74, 6) is -0.681. The lowest BCUT2D eigenvalue weighted by molar-refractivity contribution is -0.118. The maximum absolute atomic E-state index is 12.9. The molecule has 0 fully saturated rings. The fourth-order valence-electron chi connectivity index (χ4n) is 3.67. The fourth-order valence-corrected chi connectivity index (χ4v) is 5.18. The monoisotopic (exact) mass is 459 g/mol. The molecule has 8 nitrogen and oxygen atoms in total. The Hall–Kier alpha value is -3.07. The highest BCUT2D eigenvalue weighted by Gasteiger charge is 2.24. The molecule has 0 saturated heterocycles. The molecule has 1 aliphatic heterocycles. The van der Waals surface area contributed by atoms with Gasteiger partial charge in [-0.3, -0.25) is 9.59 Å². The number of carbonyl (C=O) groups is 2. The van der Waals surface area contributed by atoms with Crippen LogP contribution in [0.5, 0.6) is 5.75 Å². The number of amides is 2. The van der Waals surface area contributed by atoms with Gasteiger partial charge in [-0.1, -0.05) is 0 Å². The number of anilines is 3. The van der Waals surface area contributed by atoms with E-state index < -0.39 is 9.84 Å². The molecule has 0 saturated carbocycles. The van der Waals surface area contributed by atoms with E-state index in [0.29, 0.717) is 22.7 Å². The summed E-state index contributed by atoms with van der Waals surface area (Å²) in [7, 11) is -3.72. The summed E-state index contributed by atoms with van der Waals surface area (Å²) in [6.45, 7) is 9.34. The Morgan fingerprint density at radius 2 is 1.84 bits per heavy atom. The number of rotatable bonds is 8. The molecule has 2 amide bonds. The van der Waals surface area contributed by atoms with Crippen molar-refractivity contribution in [3.8, 4) is 5.75 Å². The van der Waals surface area contributed by atoms with Gasteiger partial charge in [-0.25, -0.2) is 8.42 Å². The Bertz CT molecular complexity index is 1140. The van der Waals surface area contributed by atoms with E-state index in [4.69, 9.17) is 4.74 Å². The van der Waals surface area contributed by atoms with Gasteiger partial charge in [0.2, 0.25) is 5.91 Å². The molecule has 0 radical (unpaired) electrons. The molecule has 1 heterocycles. The third-order valence-electron chi connectivity index (χ3n) is 5.46. The smallest absolute Gasteiger partial charge is 0.262 e. The zero-order valence-corrected chi connectivity index (χ0v) is 19.6. The Morgan fingerprint density at radius 1 is 1.12 bits per heavy atom. The van der Waals surface area contributed by atoms with E-state index in [9.17, 15) is 18.0 Å². The lowest BCUT2D eigenvalue weighted by atomic mass is 10.1. The molecule has 2 N–H and O–H groups in total. The topological polar surface area (TPSA) is 105 Å². The maximum atomic E-state index is 12.9. The number of fused-ring (bicyclic) bond motifs is 1. The van der Waals surface area contributed by atoms with Gasteiger partial charge < -0.3 is 20.3 Å². The zero-order chi connectivity index (χ0) is 23.5. The number of benzene rings is 2. The van der Waals surface area contributed by atoms with Crippen molar-refractivity contribution < 1.29 is 22.7 Å². The van der Waals surface area contributed by atoms with Gasteiger partial charge in [0.05, 0.1) is 16.3 Å². The third-order valence-corrected chi connectivity index (χ3v) is 7.31. The lowest BCUT2D eigenvalue weighted by Crippen LogP contribution is -2.26. The summed E-state index contributed by atoms with van der Waals surface area (Å²) in [5, 5.41) is 5.47. The number of ether oxygens (including phenoxy) is 1. The van der Waals surface area contributed by atoms with Crippen molar-refractivity contribution in [2.45, 2.75) is 39.0 Å². The number of hydrogen-bond acceptors (Lipinski definition) is 6. The maximum Gasteiger partial charge on any atom is 0.262 e. The summed E-state index contributed by atoms with van der Waals surface area (Å²) < 4.78 is 31.1. The van der Waals surface area contributed by atoms with E-state index in [-0.39, 0.29) is 35.5 Å². The third kappa shape index (κ3) is 5.21. The molecule has 0 bridgehead atoms. The summed E-state index contributed by atoms with van der Waals surface area (Å²) in [6.07, 6.45) is -0.173. The summed E-state index contributed by atoms with van der Waals surface area (Å²) in [6, 6.07) is 8.78. The fraction of sp³-hybridized carbons (Fsp3) is 0.391. The Balaban J connectivity index is 1.68. The second-order valence-electron chi connectivity index (χ2n) is 7.74. The lowest BCUT2D eigenvalue weighted by Gasteiger charge is -2.22. The minimum atomic E-state index is -3.72. The molecular weight excluding hydrogens is 430 g/mol. The first-order chi connectivity index (χ1) is 15.1. The van der Waals surface area contributed by atoms with Gasteiger partial charge in [-0.15, -0.1) is 0 Å². The Kier molecular flexibility index (Phi) is 7.08. The molecule has 2 aromatic rings. The SMILES string of the molecule is CCN(CC)c1ccc(NC(=O)CCS(=O)(=O)c2cc3c(cc2C)NC(=O)CO3)c(C)c1. The van der Waals surface area contributed by atoms with Gasteiger partial charge >= 0.3 is 0 Å². The van der Waals surface area contributed by atoms with Gasteiger partial charge in [0.25, 0.3) is 5.91 Å². The Morgan fingerprint density at radius 3 is 2.50 bits per heavy atom. The molecule has 0 unspecified atom stereocenters. The number of nitrogens with zero attached hydrogens (tertiary/aromatic N) is 1. The van der Waals surface area contributed by atoms with E-state index in [1.807, 2.05) is 25.1 Å². The minimum Gasteiger partial charge on any atom is -0.482 e. The molecule has 0 atom stereocenters. The van der Waals surface area contributed by atoms with Crippen molar-refractivity contribution in [3.63, 3.8) is 0 Å². The molecule has 1 aliphatic rings. The van der Waals surface area contributed by atoms with E-state index >= 15 is 0 Å². The average Bonchev–Trinajstić information content (AvgIpc) is 2.74. The zero-order valence-electron chi connectivity index (χ0n) is 18.8. The van der Waals surface area contributed by atoms with Crippen molar-refractivity contribution in [1.29, 1.82) is 0 Å². The van der Waals surface area contributed by atoms with Crippen LogP contribution in [-0.4, -0.2) is 45.7 Å². The van der Waals surface area contributed by atoms with Crippen molar-refractivity contribution >= 4 is 38.7 Å². The van der Waals surface area contributed by atoms with Crippen molar-refractivity contribution in [2.75, 3.05) is 41.0 Å². The largest absolute Gasteiger partial charge is 0.482 e. The number of carbonyl (C=O) groups excluding carboxylic acids is 2. The number of aryl methyl sites for hydroxylation is 2. The second kappa shape index (κ2) is 9.60. The summed E-state index contributed by atoms with van der Waals surface area (Å²) in [4.78, 5) is 26.2. The van der Waals surface area contributed by atoms with Crippen LogP contribution in [0.25, 0.3) is 0 Å². The molecular formula is C23H29N3O5S. The van der Waals surface area contributed by atoms with Crippen LogP contribution in [0.4, 0.5) is 17.1 Å². The van der Waals surface area contributed by atoms with Gasteiger partial charge in [0.15, 0.2) is 16.4 Å². The van der Waals surface area contributed by atoms with Gasteiger partial charge in [0.1, 0.15) is 5.75 Å². The van der Waals surface area contributed by atoms with Crippen LogP contribution in [0.1, 0.15) is 31.4 Å². The minimum absolute atomic E-state index is 0.0972. The highest BCUT2D eigenvalue weighted by atomic mass is 32.2. The van der Waals surface area contributed by atoms with Gasteiger partial charge in [-0.2, -0.15) is 0 Å². The van der Waals surface area contributed by atoms with E-state index in [0.717, 1.165) is 24.3 Å². The number of sulfone groups is 1. The number of nitrogens with one attached hydrogen (secondary N) is 2. The van der Waals surface area contributed by atoms with E-state index in [2.05, 4.69) is 29.4 Å². The van der Waals surface area contributed by atoms with E-state index in [1.54, 1.807) is 13.0 Å². The van der Waals surface area contributed by atoms with Crippen LogP contribution in [0.2, 0.25) is 0 Å². The highest BCUT2D eigenvalue weighted by molar-refractivity contribution is 7.91. The average molecular weight is 460 g/mol. The first kappa shape index (κ1) is 23.6. The van der Waals surface area contributed by atoms with Gasteiger partial charge in [-0.05, 0) is 63.1 Å². The molecule has 0 aromatic heterocycles. The van der Waals surface area contributed by atoms with Crippen molar-refractivity contribution in [3.05, 3.63) is 41.5 Å². The molecule has 9 heteroatoms. The van der Waals surface area contributed by atoms with Crippen molar-refractivity contribution in [2.24, 2.45) is 0 Å². The standard InChI is InChI=1S/C23H29N3O5S/c1-5-26(6-2)17-7-8-18(15(3)11-17)24-22(27)9-10-32(29,30)21-13-20-19(12-16(21)4)25-23(28)14-31-20/h7-8,11-13H,5-6,9-10,14H2,1-4H3,(H,24,27)(H,25,28). The van der Waals surface area contributed by atoms with E-state index in [1.165, 1.54) is 6.07 Å². The van der Waals surface area contributed by atoms with Crippen LogP contribution in [0.3, 0.4) is 0 Å². The summed E-state index contributed by atoms with van der Waals surface area (Å²) in [5.41, 5.74) is 3.58. The first-order valence-corrected chi connectivity index (χ1v) is 12.2. The number of hydrogen-bond donors (Lipinski definition) is 2. The van der Waals surface area contributed by atoms with Crippen LogP contribution >= 0.6 is 0 Å². The van der Waals surface area contributed by atoms with Crippen LogP contribution < -0.4 is 20.3 Å². The highest BCUT2D eigenvalue weighted by Crippen LogP contribution is 2.33. The molecule has 0 aliphatic carbocycles. The molecule has 2 aromatic carbocycles. The van der Waals surface area contributed by atoms with Crippen LogP contribution in [0.15, 0.2) is 35.2 Å². The Labute approximate surface area is 188 Å². The second-order valence-corrected chi connectivity index (χ2v) is 9.82.